The molecule has 1 aromatic rings. The molecule has 6 heteroatoms. The molecule has 2 rings (SSSR count). The largest absolute Gasteiger partial charge is 0.480 e. The van der Waals surface area contributed by atoms with Crippen molar-refractivity contribution in [3.63, 3.8) is 0 Å². The van der Waals surface area contributed by atoms with Crippen molar-refractivity contribution in [1.82, 2.24) is 14.7 Å². The second-order valence-electron chi connectivity index (χ2n) is 4.65. The van der Waals surface area contributed by atoms with Gasteiger partial charge in [-0.1, -0.05) is 18.5 Å². The standard InChI is InChI=1S/C12H18ClN3O2/c1-3-8-11(13)10(15(2)14-8)7-16-6-4-5-9(16)12(17)18/h9H,3-7H2,1-2H3,(H,17,18). The van der Waals surface area contributed by atoms with Gasteiger partial charge in [-0.25, -0.2) is 0 Å². The SMILES string of the molecule is CCc1nn(C)c(CN2CCCC2C(=O)O)c1Cl. The van der Waals surface area contributed by atoms with Gasteiger partial charge in [0, 0.05) is 13.6 Å². The first-order valence-corrected chi connectivity index (χ1v) is 6.59. The Morgan fingerprint density at radius 1 is 1.61 bits per heavy atom. The molecule has 0 amide bonds. The first-order chi connectivity index (χ1) is 8.54. The van der Waals surface area contributed by atoms with Gasteiger partial charge < -0.3 is 5.11 Å². The van der Waals surface area contributed by atoms with Gasteiger partial charge >= 0.3 is 5.97 Å². The van der Waals surface area contributed by atoms with Crippen molar-refractivity contribution in [2.45, 2.75) is 38.8 Å². The summed E-state index contributed by atoms with van der Waals surface area (Å²) in [7, 11) is 1.85. The molecule has 2 heterocycles. The van der Waals surface area contributed by atoms with E-state index in [4.69, 9.17) is 16.7 Å². The van der Waals surface area contributed by atoms with Crippen molar-refractivity contribution in [2.75, 3.05) is 6.54 Å². The lowest BCUT2D eigenvalue weighted by Crippen LogP contribution is -2.35. The van der Waals surface area contributed by atoms with Crippen molar-refractivity contribution in [2.24, 2.45) is 7.05 Å². The lowest BCUT2D eigenvalue weighted by Gasteiger charge is -2.21. The van der Waals surface area contributed by atoms with Gasteiger partial charge in [0.15, 0.2) is 0 Å². The average molecular weight is 272 g/mol. The quantitative estimate of drug-likeness (QED) is 0.905. The summed E-state index contributed by atoms with van der Waals surface area (Å²) in [4.78, 5) is 13.1. The number of nitrogens with zero attached hydrogens (tertiary/aromatic N) is 3. The third-order valence-corrected chi connectivity index (χ3v) is 3.94. The van der Waals surface area contributed by atoms with Gasteiger partial charge in [-0.15, -0.1) is 0 Å². The molecule has 1 unspecified atom stereocenters. The van der Waals surface area contributed by atoms with E-state index in [1.165, 1.54) is 0 Å². The molecule has 0 aliphatic carbocycles. The highest BCUT2D eigenvalue weighted by Crippen LogP contribution is 2.26. The average Bonchev–Trinajstić information content (AvgIpc) is 2.88. The number of aliphatic carboxylic acids is 1. The van der Waals surface area contributed by atoms with Crippen LogP contribution in [-0.4, -0.2) is 38.3 Å². The van der Waals surface area contributed by atoms with Gasteiger partial charge in [-0.3, -0.25) is 14.4 Å². The summed E-state index contributed by atoms with van der Waals surface area (Å²) in [6.45, 7) is 3.37. The minimum absolute atomic E-state index is 0.388. The smallest absolute Gasteiger partial charge is 0.320 e. The molecule has 100 valence electrons. The first kappa shape index (κ1) is 13.4. The summed E-state index contributed by atoms with van der Waals surface area (Å²) >= 11 is 6.28. The van der Waals surface area contributed by atoms with Crippen LogP contribution in [0.1, 0.15) is 31.2 Å². The van der Waals surface area contributed by atoms with E-state index >= 15 is 0 Å². The zero-order chi connectivity index (χ0) is 13.3. The molecule has 18 heavy (non-hydrogen) atoms. The van der Waals surface area contributed by atoms with Crippen molar-refractivity contribution in [3.05, 3.63) is 16.4 Å². The van der Waals surface area contributed by atoms with Crippen LogP contribution in [0.5, 0.6) is 0 Å². The highest BCUT2D eigenvalue weighted by Gasteiger charge is 2.31. The molecule has 1 aliphatic rings. The van der Waals surface area contributed by atoms with Crippen LogP contribution in [0.25, 0.3) is 0 Å². The van der Waals surface area contributed by atoms with Crippen LogP contribution in [0.4, 0.5) is 0 Å². The monoisotopic (exact) mass is 271 g/mol. The van der Waals surface area contributed by atoms with Crippen LogP contribution in [0.2, 0.25) is 5.02 Å². The number of halogens is 1. The molecule has 0 aromatic carbocycles. The Bertz CT molecular complexity index is 458. The predicted molar refractivity (Wildman–Crippen MR) is 68.7 cm³/mol. The maximum Gasteiger partial charge on any atom is 0.320 e. The molecular weight excluding hydrogens is 254 g/mol. The molecule has 1 aliphatic heterocycles. The molecule has 1 atom stereocenters. The zero-order valence-electron chi connectivity index (χ0n) is 10.7. The van der Waals surface area contributed by atoms with Crippen molar-refractivity contribution in [1.29, 1.82) is 0 Å². The Labute approximate surface area is 111 Å². The van der Waals surface area contributed by atoms with Crippen LogP contribution in [0.15, 0.2) is 0 Å². The number of hydrogen-bond acceptors (Lipinski definition) is 3. The van der Waals surface area contributed by atoms with Gasteiger partial charge in [-0.2, -0.15) is 5.10 Å². The molecule has 0 spiro atoms. The Hall–Kier alpha value is -1.07. The van der Waals surface area contributed by atoms with E-state index in [1.807, 2.05) is 18.9 Å². The summed E-state index contributed by atoms with van der Waals surface area (Å²) in [5.41, 5.74) is 1.78. The maximum atomic E-state index is 11.1. The first-order valence-electron chi connectivity index (χ1n) is 6.21. The Morgan fingerprint density at radius 2 is 2.33 bits per heavy atom. The summed E-state index contributed by atoms with van der Waals surface area (Å²) in [6, 6.07) is -0.388. The van der Waals surface area contributed by atoms with Crippen molar-refractivity contribution in [3.8, 4) is 0 Å². The molecule has 0 saturated carbocycles. The summed E-state index contributed by atoms with van der Waals surface area (Å²) in [6.07, 6.45) is 2.42. The van der Waals surface area contributed by atoms with E-state index < -0.39 is 5.97 Å². The third-order valence-electron chi connectivity index (χ3n) is 3.50. The maximum absolute atomic E-state index is 11.1. The molecule has 1 N–H and O–H groups in total. The lowest BCUT2D eigenvalue weighted by molar-refractivity contribution is -0.142. The molecule has 1 fully saturated rings. The molecule has 5 nitrogen and oxygen atoms in total. The second kappa shape index (κ2) is 5.28. The topological polar surface area (TPSA) is 58.4 Å². The van der Waals surface area contributed by atoms with Crippen molar-refractivity contribution < 1.29 is 9.90 Å². The molecular formula is C12H18ClN3O2. The number of carbonyl (C=O) groups is 1. The third kappa shape index (κ3) is 2.37. The van der Waals surface area contributed by atoms with E-state index in [2.05, 4.69) is 5.10 Å². The Kier molecular flexibility index (Phi) is 3.92. The van der Waals surface area contributed by atoms with E-state index in [0.29, 0.717) is 18.0 Å². The summed E-state index contributed by atoms with van der Waals surface area (Å²) < 4.78 is 1.76. The highest BCUT2D eigenvalue weighted by molar-refractivity contribution is 6.31. The summed E-state index contributed by atoms with van der Waals surface area (Å²) in [5.74, 6) is -0.749. The predicted octanol–water partition coefficient (Wildman–Crippen LogP) is 1.68. The van der Waals surface area contributed by atoms with E-state index in [-0.39, 0.29) is 6.04 Å². The van der Waals surface area contributed by atoms with Gasteiger partial charge in [0.2, 0.25) is 0 Å². The number of rotatable bonds is 4. The number of aromatic nitrogens is 2. The fourth-order valence-electron chi connectivity index (χ4n) is 2.48. The lowest BCUT2D eigenvalue weighted by atomic mass is 10.2. The van der Waals surface area contributed by atoms with E-state index in [1.54, 1.807) is 4.68 Å². The number of hydrogen-bond donors (Lipinski definition) is 1. The van der Waals surface area contributed by atoms with Gasteiger partial charge in [0.1, 0.15) is 6.04 Å². The Balaban J connectivity index is 2.19. The fourth-order valence-corrected chi connectivity index (χ4v) is 2.83. The molecule has 1 aromatic heterocycles. The normalized spacial score (nSPS) is 20.5. The number of carboxylic acids is 1. The van der Waals surface area contributed by atoms with E-state index in [0.717, 1.165) is 30.8 Å². The summed E-state index contributed by atoms with van der Waals surface area (Å²) in [5, 5.41) is 14.2. The number of carboxylic acid groups (broad SMARTS) is 1. The second-order valence-corrected chi connectivity index (χ2v) is 5.03. The van der Waals surface area contributed by atoms with Crippen LogP contribution in [0.3, 0.4) is 0 Å². The number of aryl methyl sites for hydroxylation is 2. The van der Waals surface area contributed by atoms with Gasteiger partial charge in [0.25, 0.3) is 0 Å². The molecule has 1 saturated heterocycles. The molecule has 0 bridgehead atoms. The van der Waals surface area contributed by atoms with Crippen LogP contribution < -0.4 is 0 Å². The zero-order valence-corrected chi connectivity index (χ0v) is 11.4. The van der Waals surface area contributed by atoms with Crippen LogP contribution in [-0.2, 0) is 24.8 Å². The highest BCUT2D eigenvalue weighted by atomic mass is 35.5. The van der Waals surface area contributed by atoms with Gasteiger partial charge in [0.05, 0.1) is 16.4 Å². The van der Waals surface area contributed by atoms with Crippen LogP contribution in [0, 0.1) is 0 Å². The van der Waals surface area contributed by atoms with E-state index in [9.17, 15) is 4.79 Å². The minimum Gasteiger partial charge on any atom is -0.480 e. The Morgan fingerprint density at radius 3 is 2.89 bits per heavy atom. The minimum atomic E-state index is -0.749. The van der Waals surface area contributed by atoms with Crippen LogP contribution >= 0.6 is 11.6 Å². The molecule has 0 radical (unpaired) electrons. The van der Waals surface area contributed by atoms with Gasteiger partial charge in [-0.05, 0) is 25.8 Å². The van der Waals surface area contributed by atoms with Crippen molar-refractivity contribution >= 4 is 17.6 Å². The fraction of sp³-hybridized carbons (Fsp3) is 0.667. The number of likely N-dealkylation sites (tertiary alicyclic amines) is 1.